The lowest BCUT2D eigenvalue weighted by Crippen LogP contribution is -2.31. The second-order valence-corrected chi connectivity index (χ2v) is 5.97. The van der Waals surface area contributed by atoms with Gasteiger partial charge in [-0.05, 0) is 44.0 Å². The van der Waals surface area contributed by atoms with Gasteiger partial charge in [0, 0.05) is 24.7 Å². The molecule has 1 N–H and O–H groups in total. The highest BCUT2D eigenvalue weighted by Gasteiger charge is 2.20. The molecule has 1 aliphatic heterocycles. The molecule has 2 rings (SSSR count). The minimum atomic E-state index is 0.406. The molecule has 1 fully saturated rings. The molecule has 0 saturated carbocycles. The lowest BCUT2D eigenvalue weighted by atomic mass is 9.96. The Bertz CT molecular complexity index is 423. The van der Waals surface area contributed by atoms with Crippen molar-refractivity contribution < 1.29 is 4.74 Å². The van der Waals surface area contributed by atoms with Crippen LogP contribution in [0.3, 0.4) is 0 Å². The molecule has 0 radical (unpaired) electrons. The van der Waals surface area contributed by atoms with Crippen molar-refractivity contribution in [3.05, 3.63) is 29.3 Å². The highest BCUT2D eigenvalue weighted by molar-refractivity contribution is 5.40. The fourth-order valence-electron chi connectivity index (χ4n) is 2.89. The standard InChI is InChI=1S/C17H28N2O/c1-13(2)15-6-7-17(20-4)16(12-15)14(3)19-10-5-8-18-9-11-19/h6-7,12-14,18H,5,8-11H2,1-4H3. The van der Waals surface area contributed by atoms with Crippen LogP contribution in [-0.4, -0.2) is 38.2 Å². The fourth-order valence-corrected chi connectivity index (χ4v) is 2.89. The van der Waals surface area contributed by atoms with Crippen LogP contribution in [0.15, 0.2) is 18.2 Å². The normalized spacial score (nSPS) is 18.9. The van der Waals surface area contributed by atoms with Crippen LogP contribution < -0.4 is 10.1 Å². The van der Waals surface area contributed by atoms with E-state index in [1.54, 1.807) is 7.11 Å². The van der Waals surface area contributed by atoms with Crippen LogP contribution in [0.25, 0.3) is 0 Å². The van der Waals surface area contributed by atoms with E-state index in [0.29, 0.717) is 12.0 Å². The fraction of sp³-hybridized carbons (Fsp3) is 0.647. The first kappa shape index (κ1) is 15.3. The van der Waals surface area contributed by atoms with Gasteiger partial charge in [0.05, 0.1) is 7.11 Å². The van der Waals surface area contributed by atoms with Crippen molar-refractivity contribution in [1.82, 2.24) is 10.2 Å². The van der Waals surface area contributed by atoms with Gasteiger partial charge in [-0.25, -0.2) is 0 Å². The predicted octanol–water partition coefficient (Wildman–Crippen LogP) is 3.17. The lowest BCUT2D eigenvalue weighted by molar-refractivity contribution is 0.220. The van der Waals surface area contributed by atoms with Gasteiger partial charge in [-0.15, -0.1) is 0 Å². The summed E-state index contributed by atoms with van der Waals surface area (Å²) in [7, 11) is 1.77. The summed E-state index contributed by atoms with van der Waals surface area (Å²) >= 11 is 0. The summed E-state index contributed by atoms with van der Waals surface area (Å²) in [5.41, 5.74) is 2.71. The average Bonchev–Trinajstić information content (AvgIpc) is 2.74. The molecule has 3 nitrogen and oxygen atoms in total. The zero-order chi connectivity index (χ0) is 14.5. The monoisotopic (exact) mass is 276 g/mol. The number of rotatable bonds is 4. The smallest absolute Gasteiger partial charge is 0.123 e. The molecule has 0 amide bonds. The van der Waals surface area contributed by atoms with Crippen molar-refractivity contribution in [1.29, 1.82) is 0 Å². The van der Waals surface area contributed by atoms with E-state index in [0.717, 1.165) is 31.9 Å². The van der Waals surface area contributed by atoms with E-state index in [1.807, 2.05) is 0 Å². The van der Waals surface area contributed by atoms with Gasteiger partial charge in [0.15, 0.2) is 0 Å². The van der Waals surface area contributed by atoms with Crippen molar-refractivity contribution in [2.24, 2.45) is 0 Å². The lowest BCUT2D eigenvalue weighted by Gasteiger charge is -2.29. The molecule has 1 saturated heterocycles. The van der Waals surface area contributed by atoms with Gasteiger partial charge in [-0.3, -0.25) is 4.90 Å². The van der Waals surface area contributed by atoms with Crippen molar-refractivity contribution in [2.45, 2.75) is 39.2 Å². The molecule has 0 aromatic heterocycles. The minimum absolute atomic E-state index is 0.406. The summed E-state index contributed by atoms with van der Waals surface area (Å²) in [5, 5.41) is 3.47. The number of methoxy groups -OCH3 is 1. The molecule has 0 spiro atoms. The maximum absolute atomic E-state index is 5.58. The number of hydrogen-bond donors (Lipinski definition) is 1. The Morgan fingerprint density at radius 3 is 2.65 bits per heavy atom. The molecule has 1 unspecified atom stereocenters. The van der Waals surface area contributed by atoms with E-state index in [-0.39, 0.29) is 0 Å². The van der Waals surface area contributed by atoms with Gasteiger partial charge in [-0.2, -0.15) is 0 Å². The van der Waals surface area contributed by atoms with Gasteiger partial charge in [0.2, 0.25) is 0 Å². The van der Waals surface area contributed by atoms with Gasteiger partial charge in [-0.1, -0.05) is 26.0 Å². The van der Waals surface area contributed by atoms with Gasteiger partial charge in [0.1, 0.15) is 5.75 Å². The molecular formula is C17H28N2O. The largest absolute Gasteiger partial charge is 0.496 e. The van der Waals surface area contributed by atoms with Crippen LogP contribution in [0.2, 0.25) is 0 Å². The topological polar surface area (TPSA) is 24.5 Å². The Balaban J connectivity index is 2.25. The summed E-state index contributed by atoms with van der Waals surface area (Å²) < 4.78 is 5.58. The van der Waals surface area contributed by atoms with E-state index in [2.05, 4.69) is 49.2 Å². The molecular weight excluding hydrogens is 248 g/mol. The van der Waals surface area contributed by atoms with Crippen LogP contribution in [0.4, 0.5) is 0 Å². The number of ether oxygens (including phenoxy) is 1. The molecule has 3 heteroatoms. The third kappa shape index (κ3) is 3.53. The maximum Gasteiger partial charge on any atom is 0.123 e. The Morgan fingerprint density at radius 1 is 1.15 bits per heavy atom. The van der Waals surface area contributed by atoms with E-state index >= 15 is 0 Å². The van der Waals surface area contributed by atoms with Crippen molar-refractivity contribution in [2.75, 3.05) is 33.3 Å². The molecule has 0 bridgehead atoms. The summed E-state index contributed by atoms with van der Waals surface area (Å²) in [5.74, 6) is 1.57. The van der Waals surface area contributed by atoms with Crippen molar-refractivity contribution in [3.63, 3.8) is 0 Å². The van der Waals surface area contributed by atoms with Crippen molar-refractivity contribution in [3.8, 4) is 5.75 Å². The SMILES string of the molecule is COc1ccc(C(C)C)cc1C(C)N1CCCNCC1. The summed E-state index contributed by atoms with van der Waals surface area (Å²) in [6.45, 7) is 11.3. The second-order valence-electron chi connectivity index (χ2n) is 5.97. The first-order chi connectivity index (χ1) is 9.63. The van der Waals surface area contributed by atoms with Crippen LogP contribution >= 0.6 is 0 Å². The first-order valence-electron chi connectivity index (χ1n) is 7.76. The number of nitrogens with one attached hydrogen (secondary N) is 1. The van der Waals surface area contributed by atoms with Crippen LogP contribution in [-0.2, 0) is 0 Å². The molecule has 20 heavy (non-hydrogen) atoms. The summed E-state index contributed by atoms with van der Waals surface area (Å²) in [6, 6.07) is 7.04. The second kappa shape index (κ2) is 7.09. The molecule has 1 aromatic carbocycles. The van der Waals surface area contributed by atoms with Crippen molar-refractivity contribution >= 4 is 0 Å². The zero-order valence-corrected chi connectivity index (χ0v) is 13.3. The Labute approximate surface area is 123 Å². The Hall–Kier alpha value is -1.06. The summed E-state index contributed by atoms with van der Waals surface area (Å²) in [4.78, 5) is 2.56. The van der Waals surface area contributed by atoms with Gasteiger partial charge < -0.3 is 10.1 Å². The number of benzene rings is 1. The van der Waals surface area contributed by atoms with E-state index in [1.165, 1.54) is 17.5 Å². The molecule has 1 aliphatic rings. The number of nitrogens with zero attached hydrogens (tertiary/aromatic N) is 1. The van der Waals surface area contributed by atoms with Gasteiger partial charge in [0.25, 0.3) is 0 Å². The number of hydrogen-bond acceptors (Lipinski definition) is 3. The Morgan fingerprint density at radius 2 is 1.95 bits per heavy atom. The minimum Gasteiger partial charge on any atom is -0.496 e. The molecule has 1 atom stereocenters. The third-order valence-electron chi connectivity index (χ3n) is 4.29. The average molecular weight is 276 g/mol. The molecule has 1 aromatic rings. The molecule has 112 valence electrons. The predicted molar refractivity (Wildman–Crippen MR) is 84.6 cm³/mol. The molecule has 0 aliphatic carbocycles. The summed E-state index contributed by atoms with van der Waals surface area (Å²) in [6.07, 6.45) is 1.22. The zero-order valence-electron chi connectivity index (χ0n) is 13.3. The van der Waals surface area contributed by atoms with Crippen LogP contribution in [0.5, 0.6) is 5.75 Å². The van der Waals surface area contributed by atoms with E-state index in [9.17, 15) is 0 Å². The maximum atomic E-state index is 5.58. The molecule has 1 heterocycles. The third-order valence-corrected chi connectivity index (χ3v) is 4.29. The van der Waals surface area contributed by atoms with E-state index in [4.69, 9.17) is 4.74 Å². The van der Waals surface area contributed by atoms with Crippen LogP contribution in [0, 0.1) is 0 Å². The highest BCUT2D eigenvalue weighted by atomic mass is 16.5. The first-order valence-corrected chi connectivity index (χ1v) is 7.76. The Kier molecular flexibility index (Phi) is 5.44. The van der Waals surface area contributed by atoms with Gasteiger partial charge >= 0.3 is 0 Å². The van der Waals surface area contributed by atoms with Crippen LogP contribution in [0.1, 0.15) is 50.3 Å². The highest BCUT2D eigenvalue weighted by Crippen LogP contribution is 2.32. The quantitative estimate of drug-likeness (QED) is 0.914. The van der Waals surface area contributed by atoms with E-state index < -0.39 is 0 Å².